The standard InChI is InChI=1S/C16H15ClFN3/c1-9(2)10-3-5-11(6-4-10)21-15-7-12(17)13(18)8-14(15)20-16(21)19/h3-9H,1-2H3,(H2,19,20). The van der Waals surface area contributed by atoms with Gasteiger partial charge in [-0.25, -0.2) is 9.37 Å². The van der Waals surface area contributed by atoms with E-state index >= 15 is 0 Å². The van der Waals surface area contributed by atoms with Crippen molar-refractivity contribution >= 4 is 28.6 Å². The van der Waals surface area contributed by atoms with Gasteiger partial charge in [0.15, 0.2) is 0 Å². The molecular weight excluding hydrogens is 289 g/mol. The largest absolute Gasteiger partial charge is 0.369 e. The van der Waals surface area contributed by atoms with Crippen LogP contribution in [0, 0.1) is 5.82 Å². The number of hydrogen-bond donors (Lipinski definition) is 1. The van der Waals surface area contributed by atoms with E-state index in [-0.39, 0.29) is 5.02 Å². The van der Waals surface area contributed by atoms with Crippen molar-refractivity contribution in [2.75, 3.05) is 5.73 Å². The number of halogens is 2. The van der Waals surface area contributed by atoms with Gasteiger partial charge in [-0.2, -0.15) is 0 Å². The second-order valence-electron chi connectivity index (χ2n) is 5.31. The van der Waals surface area contributed by atoms with Crippen LogP contribution < -0.4 is 5.73 Å². The monoisotopic (exact) mass is 303 g/mol. The van der Waals surface area contributed by atoms with E-state index in [0.29, 0.717) is 22.9 Å². The first-order valence-corrected chi connectivity index (χ1v) is 7.08. The molecule has 0 aliphatic rings. The molecule has 3 rings (SSSR count). The Morgan fingerprint density at radius 3 is 2.48 bits per heavy atom. The molecule has 1 heterocycles. The minimum atomic E-state index is -0.496. The average Bonchev–Trinajstić information content (AvgIpc) is 2.75. The molecule has 0 bridgehead atoms. The van der Waals surface area contributed by atoms with Crippen molar-refractivity contribution in [3.05, 3.63) is 52.8 Å². The van der Waals surface area contributed by atoms with Crippen LogP contribution in [0.25, 0.3) is 16.7 Å². The van der Waals surface area contributed by atoms with E-state index in [0.717, 1.165) is 5.69 Å². The van der Waals surface area contributed by atoms with Gasteiger partial charge in [-0.15, -0.1) is 0 Å². The Kier molecular flexibility index (Phi) is 3.33. The maximum absolute atomic E-state index is 13.5. The Morgan fingerprint density at radius 1 is 1.19 bits per heavy atom. The van der Waals surface area contributed by atoms with Crippen LogP contribution in [-0.4, -0.2) is 9.55 Å². The summed E-state index contributed by atoms with van der Waals surface area (Å²) in [6.45, 7) is 4.27. The quantitative estimate of drug-likeness (QED) is 0.756. The molecule has 3 nitrogen and oxygen atoms in total. The Labute approximate surface area is 127 Å². The number of anilines is 1. The zero-order chi connectivity index (χ0) is 15.1. The first kappa shape index (κ1) is 13.9. The van der Waals surface area contributed by atoms with Crippen molar-refractivity contribution in [2.24, 2.45) is 0 Å². The number of aromatic nitrogens is 2. The van der Waals surface area contributed by atoms with Crippen LogP contribution in [0.3, 0.4) is 0 Å². The zero-order valence-electron chi connectivity index (χ0n) is 11.8. The van der Waals surface area contributed by atoms with Gasteiger partial charge in [0.2, 0.25) is 5.95 Å². The van der Waals surface area contributed by atoms with Crippen LogP contribution in [0.15, 0.2) is 36.4 Å². The molecule has 0 atom stereocenters. The minimum absolute atomic E-state index is 0.0578. The number of nitrogen functional groups attached to an aromatic ring is 1. The summed E-state index contributed by atoms with van der Waals surface area (Å²) in [7, 11) is 0. The first-order chi connectivity index (χ1) is 9.97. The Bertz CT molecular complexity index is 806. The molecule has 1 aromatic heterocycles. The number of nitrogens with zero attached hydrogens (tertiary/aromatic N) is 2. The molecule has 0 fully saturated rings. The highest BCUT2D eigenvalue weighted by Gasteiger charge is 2.13. The topological polar surface area (TPSA) is 43.8 Å². The van der Waals surface area contributed by atoms with Crippen molar-refractivity contribution in [3.63, 3.8) is 0 Å². The third kappa shape index (κ3) is 2.36. The summed E-state index contributed by atoms with van der Waals surface area (Å²) < 4.78 is 15.3. The molecule has 2 aromatic carbocycles. The lowest BCUT2D eigenvalue weighted by molar-refractivity contribution is 0.630. The van der Waals surface area contributed by atoms with Crippen LogP contribution in [-0.2, 0) is 0 Å². The maximum atomic E-state index is 13.5. The minimum Gasteiger partial charge on any atom is -0.369 e. The smallest absolute Gasteiger partial charge is 0.205 e. The summed E-state index contributed by atoms with van der Waals surface area (Å²) in [4.78, 5) is 4.19. The molecule has 21 heavy (non-hydrogen) atoms. The van der Waals surface area contributed by atoms with E-state index in [2.05, 4.69) is 31.0 Å². The fraction of sp³-hybridized carbons (Fsp3) is 0.188. The summed E-state index contributed by atoms with van der Waals surface area (Å²) in [5.41, 5.74) is 9.27. The molecule has 0 unspecified atom stereocenters. The number of fused-ring (bicyclic) bond motifs is 1. The van der Waals surface area contributed by atoms with Crippen LogP contribution >= 0.6 is 11.6 Å². The third-order valence-electron chi connectivity index (χ3n) is 3.54. The first-order valence-electron chi connectivity index (χ1n) is 6.70. The number of rotatable bonds is 2. The molecule has 0 saturated heterocycles. The fourth-order valence-electron chi connectivity index (χ4n) is 2.37. The zero-order valence-corrected chi connectivity index (χ0v) is 12.5. The van der Waals surface area contributed by atoms with Gasteiger partial charge in [-0.3, -0.25) is 4.57 Å². The lowest BCUT2D eigenvalue weighted by Crippen LogP contribution is -2.01. The molecule has 5 heteroatoms. The van der Waals surface area contributed by atoms with Gasteiger partial charge in [-0.05, 0) is 29.7 Å². The van der Waals surface area contributed by atoms with Crippen LogP contribution in [0.2, 0.25) is 5.02 Å². The Hall–Kier alpha value is -2.07. The molecule has 0 aliphatic carbocycles. The highest BCUT2D eigenvalue weighted by molar-refractivity contribution is 6.31. The van der Waals surface area contributed by atoms with Gasteiger partial charge in [0, 0.05) is 11.8 Å². The van der Waals surface area contributed by atoms with Gasteiger partial charge in [-0.1, -0.05) is 37.6 Å². The molecule has 3 aromatic rings. The number of hydrogen-bond acceptors (Lipinski definition) is 2. The lowest BCUT2D eigenvalue weighted by Gasteiger charge is -2.10. The van der Waals surface area contributed by atoms with Gasteiger partial charge in [0.1, 0.15) is 5.82 Å². The van der Waals surface area contributed by atoms with Gasteiger partial charge in [0.25, 0.3) is 0 Å². The lowest BCUT2D eigenvalue weighted by atomic mass is 10.0. The average molecular weight is 304 g/mol. The molecule has 0 radical (unpaired) electrons. The van der Waals surface area contributed by atoms with E-state index in [1.165, 1.54) is 11.6 Å². The molecule has 0 spiro atoms. The van der Waals surface area contributed by atoms with Crippen molar-refractivity contribution in [1.29, 1.82) is 0 Å². The molecule has 108 valence electrons. The highest BCUT2D eigenvalue weighted by atomic mass is 35.5. The summed E-state index contributed by atoms with van der Waals surface area (Å²) in [5.74, 6) is 0.271. The fourth-order valence-corrected chi connectivity index (χ4v) is 2.53. The predicted octanol–water partition coefficient (Wildman–Crippen LogP) is 4.52. The summed E-state index contributed by atoms with van der Waals surface area (Å²) in [6.07, 6.45) is 0. The second-order valence-corrected chi connectivity index (χ2v) is 5.71. The van der Waals surface area contributed by atoms with E-state index in [1.54, 1.807) is 10.6 Å². The number of nitrogens with two attached hydrogens (primary N) is 1. The second kappa shape index (κ2) is 5.04. The van der Waals surface area contributed by atoms with E-state index in [9.17, 15) is 4.39 Å². The van der Waals surface area contributed by atoms with Crippen molar-refractivity contribution in [3.8, 4) is 5.69 Å². The Morgan fingerprint density at radius 2 is 1.86 bits per heavy atom. The van der Waals surface area contributed by atoms with Crippen molar-refractivity contribution in [2.45, 2.75) is 19.8 Å². The van der Waals surface area contributed by atoms with Crippen molar-refractivity contribution < 1.29 is 4.39 Å². The van der Waals surface area contributed by atoms with Crippen LogP contribution in [0.1, 0.15) is 25.3 Å². The van der Waals surface area contributed by atoms with Crippen LogP contribution in [0.4, 0.5) is 10.3 Å². The van der Waals surface area contributed by atoms with Crippen molar-refractivity contribution in [1.82, 2.24) is 9.55 Å². The maximum Gasteiger partial charge on any atom is 0.205 e. The van der Waals surface area contributed by atoms with Gasteiger partial charge < -0.3 is 5.73 Å². The molecule has 0 amide bonds. The molecule has 2 N–H and O–H groups in total. The van der Waals surface area contributed by atoms with E-state index in [1.807, 2.05) is 12.1 Å². The van der Waals surface area contributed by atoms with Gasteiger partial charge >= 0.3 is 0 Å². The van der Waals surface area contributed by atoms with E-state index < -0.39 is 5.82 Å². The summed E-state index contributed by atoms with van der Waals surface area (Å²) in [6, 6.07) is 10.9. The molecule has 0 aliphatic heterocycles. The molecular formula is C16H15ClFN3. The number of imidazole rings is 1. The van der Waals surface area contributed by atoms with Gasteiger partial charge in [0.05, 0.1) is 16.1 Å². The predicted molar refractivity (Wildman–Crippen MR) is 84.5 cm³/mol. The summed E-state index contributed by atoms with van der Waals surface area (Å²) >= 11 is 5.87. The normalized spacial score (nSPS) is 11.5. The number of benzene rings is 2. The molecule has 0 saturated carbocycles. The van der Waals surface area contributed by atoms with Crippen LogP contribution in [0.5, 0.6) is 0 Å². The SMILES string of the molecule is CC(C)c1ccc(-n2c(N)nc3cc(F)c(Cl)cc32)cc1. The Balaban J connectivity index is 2.19. The third-order valence-corrected chi connectivity index (χ3v) is 3.83. The highest BCUT2D eigenvalue weighted by Crippen LogP contribution is 2.28. The van der Waals surface area contributed by atoms with E-state index in [4.69, 9.17) is 17.3 Å². The summed E-state index contributed by atoms with van der Waals surface area (Å²) in [5, 5.41) is 0.0578.